The first-order valence-corrected chi connectivity index (χ1v) is 4.18. The van der Waals surface area contributed by atoms with Crippen LogP contribution >= 0.6 is 12.9 Å². The Morgan fingerprint density at radius 2 is 2.17 bits per heavy atom. The maximum atomic E-state index is 12.7. The smallest absolute Gasteiger partial charge is 0.123 e. The molecule has 12 heavy (non-hydrogen) atoms. The van der Waals surface area contributed by atoms with Crippen LogP contribution in [0.5, 0.6) is 0 Å². The molecule has 0 aliphatic carbocycles. The van der Waals surface area contributed by atoms with E-state index in [-0.39, 0.29) is 5.82 Å². The van der Waals surface area contributed by atoms with Crippen LogP contribution in [0.15, 0.2) is 18.2 Å². The molecule has 0 unspecified atom stereocenters. The van der Waals surface area contributed by atoms with Crippen molar-refractivity contribution in [1.82, 2.24) is 0 Å². The third-order valence-electron chi connectivity index (χ3n) is 1.77. The minimum absolute atomic E-state index is 0.229. The fourth-order valence-electron chi connectivity index (χ4n) is 1.14. The quantitative estimate of drug-likeness (QED) is 0.564. The molecule has 1 aromatic carbocycles. The van der Waals surface area contributed by atoms with Crippen LogP contribution in [0.2, 0.25) is 0 Å². The highest BCUT2D eigenvalue weighted by Gasteiger charge is 2.01. The summed E-state index contributed by atoms with van der Waals surface area (Å²) in [7, 11) is 0. The minimum atomic E-state index is -0.229. The van der Waals surface area contributed by atoms with E-state index in [2.05, 4.69) is 17.1 Å². The normalized spacial score (nSPS) is 10.2. The van der Waals surface area contributed by atoms with E-state index >= 15 is 0 Å². The monoisotopic (exact) mass is 186 g/mol. The third kappa shape index (κ3) is 2.22. The molecule has 0 fully saturated rings. The van der Waals surface area contributed by atoms with Crippen molar-refractivity contribution in [1.29, 1.82) is 0 Å². The summed E-state index contributed by atoms with van der Waals surface area (Å²) >= 11 is 3.63. The number of halogens is 1. The van der Waals surface area contributed by atoms with Gasteiger partial charge in [0.25, 0.3) is 0 Å². The van der Waals surface area contributed by atoms with Gasteiger partial charge in [-0.3, -0.25) is 0 Å². The average molecular weight is 186 g/mol. The van der Waals surface area contributed by atoms with Crippen LogP contribution in [-0.2, 0) is 17.2 Å². The first-order valence-electron chi connectivity index (χ1n) is 3.81. The van der Waals surface area contributed by atoms with Gasteiger partial charge in [-0.1, -0.05) is 13.0 Å². The molecule has 0 radical (unpaired) electrons. The van der Waals surface area contributed by atoms with E-state index in [1.807, 2.05) is 6.92 Å². The van der Waals surface area contributed by atoms with E-state index in [9.17, 15) is 4.39 Å². The molecule has 0 heterocycles. The number of aryl methyl sites for hydroxylation is 1. The van der Waals surface area contributed by atoms with Gasteiger partial charge < -0.3 is 4.18 Å². The van der Waals surface area contributed by atoms with Crippen LogP contribution in [0.25, 0.3) is 0 Å². The van der Waals surface area contributed by atoms with Crippen LogP contribution < -0.4 is 0 Å². The minimum Gasteiger partial charge on any atom is -0.314 e. The summed E-state index contributed by atoms with van der Waals surface area (Å²) in [4.78, 5) is 0. The standard InChI is InChI=1S/C9H11FOS/c1-2-7-3-4-9(10)5-8(7)6-11-12/h3-5,12H,2,6H2,1H3. The first kappa shape index (κ1) is 9.55. The van der Waals surface area contributed by atoms with Crippen molar-refractivity contribution >= 4 is 12.9 Å². The molecule has 66 valence electrons. The van der Waals surface area contributed by atoms with E-state index in [1.54, 1.807) is 6.07 Å². The summed E-state index contributed by atoms with van der Waals surface area (Å²) < 4.78 is 17.4. The largest absolute Gasteiger partial charge is 0.314 e. The van der Waals surface area contributed by atoms with Crippen LogP contribution in [0.4, 0.5) is 4.39 Å². The van der Waals surface area contributed by atoms with Gasteiger partial charge in [0, 0.05) is 0 Å². The van der Waals surface area contributed by atoms with Crippen molar-refractivity contribution < 1.29 is 8.57 Å². The molecule has 0 N–H and O–H groups in total. The fraction of sp³-hybridized carbons (Fsp3) is 0.333. The van der Waals surface area contributed by atoms with Gasteiger partial charge in [-0.05, 0) is 42.6 Å². The molecule has 0 atom stereocenters. The Labute approximate surface area is 77.2 Å². The summed E-state index contributed by atoms with van der Waals surface area (Å²) in [5.41, 5.74) is 1.97. The Morgan fingerprint density at radius 3 is 2.75 bits per heavy atom. The topological polar surface area (TPSA) is 9.23 Å². The number of hydrogen-bond acceptors (Lipinski definition) is 2. The summed E-state index contributed by atoms with van der Waals surface area (Å²) in [6.45, 7) is 2.37. The number of benzene rings is 1. The molecule has 3 heteroatoms. The highest BCUT2D eigenvalue weighted by Crippen LogP contribution is 2.13. The Hall–Kier alpha value is -0.540. The lowest BCUT2D eigenvalue weighted by atomic mass is 10.1. The lowest BCUT2D eigenvalue weighted by Crippen LogP contribution is -1.93. The highest BCUT2D eigenvalue weighted by atomic mass is 32.1. The summed E-state index contributed by atoms with van der Waals surface area (Å²) in [6, 6.07) is 4.72. The summed E-state index contributed by atoms with van der Waals surface area (Å²) in [5.74, 6) is -0.229. The zero-order valence-electron chi connectivity index (χ0n) is 6.88. The number of rotatable bonds is 3. The van der Waals surface area contributed by atoms with Crippen molar-refractivity contribution in [3.63, 3.8) is 0 Å². The molecule has 0 aliphatic rings. The maximum Gasteiger partial charge on any atom is 0.123 e. The SMILES string of the molecule is CCc1ccc(F)cc1COS. The zero-order chi connectivity index (χ0) is 8.97. The molecule has 0 bridgehead atoms. The van der Waals surface area contributed by atoms with Crippen LogP contribution in [0.1, 0.15) is 18.1 Å². The molecule has 0 spiro atoms. The van der Waals surface area contributed by atoms with Gasteiger partial charge in [0.05, 0.1) is 6.61 Å². The fourth-order valence-corrected chi connectivity index (χ4v) is 1.28. The Balaban J connectivity index is 2.95. The van der Waals surface area contributed by atoms with Gasteiger partial charge in [-0.25, -0.2) is 4.39 Å². The van der Waals surface area contributed by atoms with Gasteiger partial charge in [0.1, 0.15) is 5.82 Å². The van der Waals surface area contributed by atoms with E-state index in [1.165, 1.54) is 12.1 Å². The molecule has 1 rings (SSSR count). The van der Waals surface area contributed by atoms with Gasteiger partial charge >= 0.3 is 0 Å². The Bertz CT molecular complexity index is 263. The number of hydrogen-bond donors (Lipinski definition) is 1. The first-order chi connectivity index (χ1) is 5.77. The lowest BCUT2D eigenvalue weighted by molar-refractivity contribution is 0.369. The van der Waals surface area contributed by atoms with E-state index in [0.29, 0.717) is 6.61 Å². The zero-order valence-corrected chi connectivity index (χ0v) is 7.77. The van der Waals surface area contributed by atoms with Crippen molar-refractivity contribution in [2.24, 2.45) is 0 Å². The highest BCUT2D eigenvalue weighted by molar-refractivity contribution is 7.75. The summed E-state index contributed by atoms with van der Waals surface area (Å²) in [5, 5.41) is 0. The Morgan fingerprint density at radius 1 is 1.42 bits per heavy atom. The average Bonchev–Trinajstić information content (AvgIpc) is 2.05. The predicted octanol–water partition coefficient (Wildman–Crippen LogP) is 2.75. The predicted molar refractivity (Wildman–Crippen MR) is 49.6 cm³/mol. The molecular weight excluding hydrogens is 175 g/mol. The van der Waals surface area contributed by atoms with Gasteiger partial charge in [0.15, 0.2) is 0 Å². The molecule has 0 aliphatic heterocycles. The maximum absolute atomic E-state index is 12.7. The van der Waals surface area contributed by atoms with Crippen molar-refractivity contribution in [3.05, 3.63) is 35.1 Å². The molecule has 1 aromatic rings. The van der Waals surface area contributed by atoms with Crippen molar-refractivity contribution in [2.45, 2.75) is 20.0 Å². The van der Waals surface area contributed by atoms with Crippen LogP contribution in [0.3, 0.4) is 0 Å². The molecule has 0 saturated heterocycles. The van der Waals surface area contributed by atoms with Gasteiger partial charge in [0.2, 0.25) is 0 Å². The molecule has 0 saturated carbocycles. The Kier molecular flexibility index (Phi) is 3.56. The third-order valence-corrected chi connectivity index (χ3v) is 1.90. The second-order valence-corrected chi connectivity index (χ2v) is 2.80. The molecular formula is C9H11FOS. The van der Waals surface area contributed by atoms with Gasteiger partial charge in [-0.15, -0.1) is 0 Å². The van der Waals surface area contributed by atoms with E-state index < -0.39 is 0 Å². The van der Waals surface area contributed by atoms with Crippen molar-refractivity contribution in [3.8, 4) is 0 Å². The molecule has 0 aromatic heterocycles. The van der Waals surface area contributed by atoms with Gasteiger partial charge in [-0.2, -0.15) is 0 Å². The van der Waals surface area contributed by atoms with E-state index in [4.69, 9.17) is 0 Å². The van der Waals surface area contributed by atoms with Crippen molar-refractivity contribution in [2.75, 3.05) is 0 Å². The molecule has 0 amide bonds. The second-order valence-electron chi connectivity index (χ2n) is 2.54. The van der Waals surface area contributed by atoms with Crippen LogP contribution in [0, 0.1) is 5.82 Å². The number of thiol groups is 1. The molecule has 1 nitrogen and oxygen atoms in total. The summed E-state index contributed by atoms with van der Waals surface area (Å²) in [6.07, 6.45) is 0.882. The second kappa shape index (κ2) is 4.48. The lowest BCUT2D eigenvalue weighted by Gasteiger charge is -2.05. The van der Waals surface area contributed by atoms with Crippen LogP contribution in [-0.4, -0.2) is 0 Å². The van der Waals surface area contributed by atoms with E-state index in [0.717, 1.165) is 17.5 Å².